The van der Waals surface area contributed by atoms with E-state index in [1.165, 1.54) is 21.9 Å². The van der Waals surface area contributed by atoms with Crippen molar-refractivity contribution in [2.45, 2.75) is 7.43 Å². The molecule has 0 aromatic heterocycles. The predicted octanol–water partition coefficient (Wildman–Crippen LogP) is 5.30. The molecule has 0 saturated heterocycles. The van der Waals surface area contributed by atoms with Crippen molar-refractivity contribution in [2.24, 2.45) is 0 Å². The first kappa shape index (κ1) is 13.9. The van der Waals surface area contributed by atoms with Crippen LogP contribution in [0.25, 0.3) is 21.9 Å². The van der Waals surface area contributed by atoms with E-state index in [0.717, 1.165) is 0 Å². The fourth-order valence-electron chi connectivity index (χ4n) is 2.00. The van der Waals surface area contributed by atoms with Crippen LogP contribution in [0.15, 0.2) is 72.8 Å². The monoisotopic (exact) mass is 237 g/mol. The Morgan fingerprint density at radius 1 is 0.500 bits per heavy atom. The second kappa shape index (κ2) is 5.99. The minimum Gasteiger partial charge on any atom is -0.344 e. The predicted molar refractivity (Wildman–Crippen MR) is 81.1 cm³/mol. The molecule has 0 amide bonds. The molecule has 0 fully saturated rings. The molecule has 3 N–H and O–H groups in total. The summed E-state index contributed by atoms with van der Waals surface area (Å²) in [4.78, 5) is 0. The summed E-state index contributed by atoms with van der Waals surface area (Å²) in [6.07, 6.45) is 0. The van der Waals surface area contributed by atoms with E-state index in [1.54, 1.807) is 0 Å². The van der Waals surface area contributed by atoms with Gasteiger partial charge < -0.3 is 6.15 Å². The number of fused-ring (bicyclic) bond motifs is 1. The largest absolute Gasteiger partial charge is 0.344 e. The van der Waals surface area contributed by atoms with Crippen LogP contribution in [0.4, 0.5) is 0 Å². The van der Waals surface area contributed by atoms with Gasteiger partial charge >= 0.3 is 0 Å². The summed E-state index contributed by atoms with van der Waals surface area (Å²) < 4.78 is 0. The maximum absolute atomic E-state index is 2.24. The minimum absolute atomic E-state index is 0. The second-order valence-electron chi connectivity index (χ2n) is 3.93. The van der Waals surface area contributed by atoms with E-state index in [0.29, 0.717) is 0 Å². The summed E-state index contributed by atoms with van der Waals surface area (Å²) >= 11 is 0. The third kappa shape index (κ3) is 2.58. The molecule has 92 valence electrons. The Morgan fingerprint density at radius 3 is 1.83 bits per heavy atom. The van der Waals surface area contributed by atoms with Gasteiger partial charge in [0.05, 0.1) is 0 Å². The maximum Gasteiger partial charge on any atom is -0.0178 e. The van der Waals surface area contributed by atoms with Gasteiger partial charge in [-0.2, -0.15) is 0 Å². The van der Waals surface area contributed by atoms with Gasteiger partial charge in [0, 0.05) is 0 Å². The highest BCUT2D eigenvalue weighted by atomic mass is 14.0. The smallest absolute Gasteiger partial charge is 0.0178 e. The van der Waals surface area contributed by atoms with Crippen molar-refractivity contribution >= 4 is 10.8 Å². The van der Waals surface area contributed by atoms with E-state index in [-0.39, 0.29) is 13.6 Å². The zero-order chi connectivity index (χ0) is 10.8. The van der Waals surface area contributed by atoms with Crippen molar-refractivity contribution in [2.75, 3.05) is 0 Å². The number of benzene rings is 3. The molecule has 0 heterocycles. The Balaban J connectivity index is 0.000000810. The normalized spacial score (nSPS) is 9.33. The Hall–Kier alpha value is -2.12. The molecule has 3 aromatic rings. The van der Waals surface area contributed by atoms with Crippen molar-refractivity contribution in [1.82, 2.24) is 6.15 Å². The minimum atomic E-state index is 0. The average Bonchev–Trinajstić information content (AvgIpc) is 2.39. The van der Waals surface area contributed by atoms with E-state index in [1.807, 2.05) is 6.07 Å². The van der Waals surface area contributed by atoms with Crippen molar-refractivity contribution in [3.05, 3.63) is 72.8 Å². The molecular weight excluding hydrogens is 218 g/mol. The lowest BCUT2D eigenvalue weighted by atomic mass is 10.0. The Labute approximate surface area is 109 Å². The molecule has 0 aliphatic heterocycles. The van der Waals surface area contributed by atoms with Crippen LogP contribution in [-0.4, -0.2) is 0 Å². The molecule has 0 unspecified atom stereocenters. The molecule has 0 atom stereocenters. The summed E-state index contributed by atoms with van der Waals surface area (Å²) in [5.74, 6) is 0. The van der Waals surface area contributed by atoms with Gasteiger partial charge in [-0.05, 0) is 28.0 Å². The van der Waals surface area contributed by atoms with Crippen LogP contribution in [0.2, 0.25) is 0 Å². The van der Waals surface area contributed by atoms with Crippen LogP contribution >= 0.6 is 0 Å². The number of rotatable bonds is 1. The number of hydrogen-bond acceptors (Lipinski definition) is 1. The molecule has 0 saturated carbocycles. The molecule has 1 nitrogen and oxygen atoms in total. The average molecular weight is 237 g/mol. The lowest BCUT2D eigenvalue weighted by molar-refractivity contribution is 1.64. The van der Waals surface area contributed by atoms with Gasteiger partial charge in [-0.15, -0.1) is 0 Å². The molecule has 0 spiro atoms. The molecular formula is C17H19N. The van der Waals surface area contributed by atoms with Crippen LogP contribution in [0.3, 0.4) is 0 Å². The molecule has 3 aromatic carbocycles. The van der Waals surface area contributed by atoms with Crippen LogP contribution in [0, 0.1) is 0 Å². The highest BCUT2D eigenvalue weighted by Crippen LogP contribution is 2.23. The van der Waals surface area contributed by atoms with Crippen molar-refractivity contribution in [1.29, 1.82) is 0 Å². The SMILES string of the molecule is C.N.c1ccc(-c2ccc3ccccc3c2)cc1. The van der Waals surface area contributed by atoms with E-state index < -0.39 is 0 Å². The maximum atomic E-state index is 2.24. The van der Waals surface area contributed by atoms with Gasteiger partial charge in [0.15, 0.2) is 0 Å². The zero-order valence-electron chi connectivity index (χ0n) is 9.64. The first-order valence-electron chi connectivity index (χ1n) is 5.48. The molecule has 0 aliphatic rings. The van der Waals surface area contributed by atoms with Gasteiger partial charge in [-0.1, -0.05) is 74.2 Å². The lowest BCUT2D eigenvalue weighted by Crippen LogP contribution is -1.77. The Morgan fingerprint density at radius 2 is 1.11 bits per heavy atom. The molecule has 18 heavy (non-hydrogen) atoms. The van der Waals surface area contributed by atoms with E-state index in [2.05, 4.69) is 66.7 Å². The van der Waals surface area contributed by atoms with Crippen molar-refractivity contribution in [3.63, 3.8) is 0 Å². The molecule has 0 bridgehead atoms. The van der Waals surface area contributed by atoms with Crippen LogP contribution in [-0.2, 0) is 0 Å². The Kier molecular flexibility index (Phi) is 4.64. The third-order valence-corrected chi connectivity index (χ3v) is 2.86. The van der Waals surface area contributed by atoms with Crippen LogP contribution in [0.5, 0.6) is 0 Å². The highest BCUT2D eigenvalue weighted by Gasteiger charge is 1.97. The number of hydrogen-bond donors (Lipinski definition) is 1. The first-order chi connectivity index (χ1) is 7.93. The van der Waals surface area contributed by atoms with Crippen LogP contribution < -0.4 is 6.15 Å². The van der Waals surface area contributed by atoms with Gasteiger partial charge in [-0.3, -0.25) is 0 Å². The molecule has 0 aliphatic carbocycles. The van der Waals surface area contributed by atoms with E-state index >= 15 is 0 Å². The second-order valence-corrected chi connectivity index (χ2v) is 3.93. The van der Waals surface area contributed by atoms with Gasteiger partial charge in [-0.25, -0.2) is 0 Å². The van der Waals surface area contributed by atoms with Gasteiger partial charge in [0.2, 0.25) is 0 Å². The van der Waals surface area contributed by atoms with Gasteiger partial charge in [0.1, 0.15) is 0 Å². The van der Waals surface area contributed by atoms with Crippen molar-refractivity contribution in [3.8, 4) is 11.1 Å². The lowest BCUT2D eigenvalue weighted by Gasteiger charge is -2.03. The van der Waals surface area contributed by atoms with Crippen molar-refractivity contribution < 1.29 is 0 Å². The van der Waals surface area contributed by atoms with Gasteiger partial charge in [0.25, 0.3) is 0 Å². The van der Waals surface area contributed by atoms with E-state index in [4.69, 9.17) is 0 Å². The fourth-order valence-corrected chi connectivity index (χ4v) is 2.00. The Bertz CT molecular complexity index is 615. The third-order valence-electron chi connectivity index (χ3n) is 2.86. The quantitative estimate of drug-likeness (QED) is 0.612. The molecule has 3 rings (SSSR count). The first-order valence-corrected chi connectivity index (χ1v) is 5.48. The highest BCUT2D eigenvalue weighted by molar-refractivity contribution is 5.87. The summed E-state index contributed by atoms with van der Waals surface area (Å²) in [5.41, 5.74) is 2.55. The summed E-state index contributed by atoms with van der Waals surface area (Å²) in [7, 11) is 0. The van der Waals surface area contributed by atoms with Crippen LogP contribution in [0.1, 0.15) is 7.43 Å². The summed E-state index contributed by atoms with van der Waals surface area (Å²) in [6, 6.07) is 25.5. The van der Waals surface area contributed by atoms with E-state index in [9.17, 15) is 0 Å². The standard InChI is InChI=1S/C16H12.CH4.H3N/c1-2-6-13(7-3-1)16-11-10-14-8-4-5-9-15(14)12-16;;/h1-12H;1H4;1H3. The summed E-state index contributed by atoms with van der Waals surface area (Å²) in [5, 5.41) is 2.59. The molecule has 1 heteroatoms. The summed E-state index contributed by atoms with van der Waals surface area (Å²) in [6.45, 7) is 0. The fraction of sp³-hybridized carbons (Fsp3) is 0.0588. The molecule has 0 radical (unpaired) electrons. The zero-order valence-corrected chi connectivity index (χ0v) is 9.64. The topological polar surface area (TPSA) is 35.0 Å².